The molecule has 2 aliphatic carbocycles. The number of esters is 1. The SMILES string of the molecule is CC(=O)O[C@@H]1C[C@@H]2C[C@H]1[C@H]1C(c3ccccc3)=NO[C@@H]21. The minimum absolute atomic E-state index is 0.0364. The maximum atomic E-state index is 11.2. The first kappa shape index (κ1) is 11.9. The van der Waals surface area contributed by atoms with Crippen LogP contribution in [-0.2, 0) is 14.4 Å². The fraction of sp³-hybridized carbons (Fsp3) is 0.500. The zero-order valence-corrected chi connectivity index (χ0v) is 11.4. The Morgan fingerprint density at radius 2 is 2.10 bits per heavy atom. The Hall–Kier alpha value is -1.84. The Bertz CT molecular complexity index is 568. The van der Waals surface area contributed by atoms with Crippen LogP contribution in [-0.4, -0.2) is 23.9 Å². The highest BCUT2D eigenvalue weighted by atomic mass is 16.6. The van der Waals surface area contributed by atoms with Crippen LogP contribution in [0.15, 0.2) is 35.5 Å². The van der Waals surface area contributed by atoms with Crippen molar-refractivity contribution >= 4 is 11.7 Å². The minimum atomic E-state index is -0.184. The second-order valence-electron chi connectivity index (χ2n) is 5.98. The number of nitrogens with zero attached hydrogens (tertiary/aromatic N) is 1. The minimum Gasteiger partial charge on any atom is -0.462 e. The average molecular weight is 271 g/mol. The van der Waals surface area contributed by atoms with Crippen LogP contribution in [0.5, 0.6) is 0 Å². The monoisotopic (exact) mass is 271 g/mol. The van der Waals surface area contributed by atoms with Gasteiger partial charge in [-0.2, -0.15) is 0 Å². The molecule has 4 rings (SSSR count). The van der Waals surface area contributed by atoms with Crippen LogP contribution in [0.2, 0.25) is 0 Å². The van der Waals surface area contributed by atoms with Crippen LogP contribution in [0.4, 0.5) is 0 Å². The summed E-state index contributed by atoms with van der Waals surface area (Å²) in [4.78, 5) is 16.9. The lowest BCUT2D eigenvalue weighted by molar-refractivity contribution is -0.150. The van der Waals surface area contributed by atoms with Gasteiger partial charge in [0.1, 0.15) is 12.2 Å². The van der Waals surface area contributed by atoms with Crippen molar-refractivity contribution in [2.45, 2.75) is 32.0 Å². The van der Waals surface area contributed by atoms with Gasteiger partial charge in [0.05, 0.1) is 11.6 Å². The Balaban J connectivity index is 1.62. The number of oxime groups is 1. The molecule has 2 saturated carbocycles. The zero-order chi connectivity index (χ0) is 13.7. The Labute approximate surface area is 117 Å². The van der Waals surface area contributed by atoms with Gasteiger partial charge in [-0.15, -0.1) is 0 Å². The highest BCUT2D eigenvalue weighted by Crippen LogP contribution is 2.54. The molecule has 1 aromatic carbocycles. The maximum absolute atomic E-state index is 11.2. The molecule has 2 fully saturated rings. The van der Waals surface area contributed by atoms with E-state index in [1.165, 1.54) is 6.92 Å². The Kier molecular flexibility index (Phi) is 2.59. The molecule has 0 aromatic heterocycles. The van der Waals surface area contributed by atoms with E-state index in [0.717, 1.165) is 24.1 Å². The summed E-state index contributed by atoms with van der Waals surface area (Å²) in [5, 5.41) is 4.32. The van der Waals surface area contributed by atoms with E-state index in [1.807, 2.05) is 18.2 Å². The first-order valence-electron chi connectivity index (χ1n) is 7.20. The summed E-state index contributed by atoms with van der Waals surface area (Å²) >= 11 is 0. The second kappa shape index (κ2) is 4.33. The van der Waals surface area contributed by atoms with Crippen LogP contribution >= 0.6 is 0 Å². The average Bonchev–Trinajstić information content (AvgIpc) is 3.09. The lowest BCUT2D eigenvalue weighted by atomic mass is 9.80. The van der Waals surface area contributed by atoms with E-state index in [-0.39, 0.29) is 24.1 Å². The highest BCUT2D eigenvalue weighted by Gasteiger charge is 2.59. The standard InChI is InChI=1S/C16H17NO3/c1-9(18)19-13-8-11-7-12(13)14-15(17-20-16(11)14)10-5-3-2-4-6-10/h2-6,11-14,16H,7-8H2,1H3/t11-,12+,13+,14-,16-/m0/s1. The summed E-state index contributed by atoms with van der Waals surface area (Å²) in [5.41, 5.74) is 2.15. The molecule has 0 N–H and O–H groups in total. The van der Waals surface area contributed by atoms with E-state index < -0.39 is 0 Å². The molecule has 1 aliphatic heterocycles. The number of carbonyl (C=O) groups is 1. The summed E-state index contributed by atoms with van der Waals surface area (Å²) in [6, 6.07) is 10.2. The van der Waals surface area contributed by atoms with Gasteiger partial charge in [0, 0.05) is 18.8 Å². The smallest absolute Gasteiger partial charge is 0.302 e. The predicted octanol–water partition coefficient (Wildman–Crippen LogP) is 2.38. The van der Waals surface area contributed by atoms with Gasteiger partial charge < -0.3 is 9.57 Å². The summed E-state index contributed by atoms with van der Waals surface area (Å²) in [6.45, 7) is 1.49. The molecule has 104 valence electrons. The van der Waals surface area contributed by atoms with Crippen molar-refractivity contribution < 1.29 is 14.4 Å². The predicted molar refractivity (Wildman–Crippen MR) is 73.1 cm³/mol. The lowest BCUT2D eigenvalue weighted by Crippen LogP contribution is -2.38. The Morgan fingerprint density at radius 1 is 1.30 bits per heavy atom. The molecule has 1 heterocycles. The fourth-order valence-corrected chi connectivity index (χ4v) is 4.14. The number of fused-ring (bicyclic) bond motifs is 5. The highest BCUT2D eigenvalue weighted by molar-refractivity contribution is 6.03. The lowest BCUT2D eigenvalue weighted by Gasteiger charge is -2.29. The van der Waals surface area contributed by atoms with E-state index in [9.17, 15) is 4.79 Å². The van der Waals surface area contributed by atoms with E-state index in [4.69, 9.17) is 9.57 Å². The molecule has 0 unspecified atom stereocenters. The Morgan fingerprint density at radius 3 is 2.85 bits per heavy atom. The van der Waals surface area contributed by atoms with Crippen molar-refractivity contribution in [2.75, 3.05) is 0 Å². The molecule has 1 aromatic rings. The normalized spacial score (nSPS) is 37.2. The topological polar surface area (TPSA) is 47.9 Å². The number of ether oxygens (including phenoxy) is 1. The summed E-state index contributed by atoms with van der Waals surface area (Å²) in [6.07, 6.45) is 2.22. The van der Waals surface area contributed by atoms with Crippen molar-refractivity contribution in [1.82, 2.24) is 0 Å². The molecule has 20 heavy (non-hydrogen) atoms. The molecule has 3 aliphatic rings. The largest absolute Gasteiger partial charge is 0.462 e. The van der Waals surface area contributed by atoms with Crippen molar-refractivity contribution in [3.8, 4) is 0 Å². The summed E-state index contributed by atoms with van der Waals surface area (Å²) in [7, 11) is 0. The molecule has 2 bridgehead atoms. The van der Waals surface area contributed by atoms with Crippen molar-refractivity contribution in [2.24, 2.45) is 22.9 Å². The maximum Gasteiger partial charge on any atom is 0.302 e. The number of carbonyl (C=O) groups excluding carboxylic acids is 1. The fourth-order valence-electron chi connectivity index (χ4n) is 4.14. The first-order chi connectivity index (χ1) is 9.74. The van der Waals surface area contributed by atoms with Gasteiger partial charge in [-0.05, 0) is 18.4 Å². The third kappa shape index (κ3) is 1.67. The van der Waals surface area contributed by atoms with Gasteiger partial charge in [-0.3, -0.25) is 4.79 Å². The van der Waals surface area contributed by atoms with Gasteiger partial charge in [0.15, 0.2) is 0 Å². The molecule has 4 heteroatoms. The van der Waals surface area contributed by atoms with Gasteiger partial charge in [-0.25, -0.2) is 0 Å². The van der Waals surface area contributed by atoms with Crippen LogP contribution in [0.1, 0.15) is 25.3 Å². The van der Waals surface area contributed by atoms with Gasteiger partial charge in [0.25, 0.3) is 0 Å². The zero-order valence-electron chi connectivity index (χ0n) is 11.4. The summed E-state index contributed by atoms with van der Waals surface area (Å²) < 4.78 is 5.49. The molecule has 0 spiro atoms. The third-order valence-corrected chi connectivity index (χ3v) is 4.84. The van der Waals surface area contributed by atoms with Gasteiger partial charge in [0.2, 0.25) is 0 Å². The van der Waals surface area contributed by atoms with Crippen LogP contribution < -0.4 is 0 Å². The molecule has 5 atom stereocenters. The molecular formula is C16H17NO3. The van der Waals surface area contributed by atoms with Crippen LogP contribution in [0, 0.1) is 17.8 Å². The van der Waals surface area contributed by atoms with E-state index in [2.05, 4.69) is 17.3 Å². The number of hydrogen-bond acceptors (Lipinski definition) is 4. The first-order valence-corrected chi connectivity index (χ1v) is 7.20. The molecule has 0 radical (unpaired) electrons. The number of hydrogen-bond donors (Lipinski definition) is 0. The van der Waals surface area contributed by atoms with Crippen LogP contribution in [0.25, 0.3) is 0 Å². The molecule has 4 nitrogen and oxygen atoms in total. The van der Waals surface area contributed by atoms with E-state index in [0.29, 0.717) is 11.8 Å². The van der Waals surface area contributed by atoms with Crippen molar-refractivity contribution in [3.05, 3.63) is 35.9 Å². The van der Waals surface area contributed by atoms with E-state index >= 15 is 0 Å². The van der Waals surface area contributed by atoms with E-state index in [1.54, 1.807) is 0 Å². The molecular weight excluding hydrogens is 254 g/mol. The summed E-state index contributed by atoms with van der Waals surface area (Å²) in [5.74, 6) is 0.923. The van der Waals surface area contributed by atoms with Crippen LogP contribution in [0.3, 0.4) is 0 Å². The van der Waals surface area contributed by atoms with Crippen molar-refractivity contribution in [1.29, 1.82) is 0 Å². The quantitative estimate of drug-likeness (QED) is 0.776. The third-order valence-electron chi connectivity index (χ3n) is 4.84. The van der Waals surface area contributed by atoms with Gasteiger partial charge >= 0.3 is 5.97 Å². The number of benzene rings is 1. The number of rotatable bonds is 2. The van der Waals surface area contributed by atoms with Crippen molar-refractivity contribution in [3.63, 3.8) is 0 Å². The molecule has 0 saturated heterocycles. The van der Waals surface area contributed by atoms with Gasteiger partial charge in [-0.1, -0.05) is 35.5 Å². The second-order valence-corrected chi connectivity index (χ2v) is 5.98. The molecule has 0 amide bonds.